The Morgan fingerprint density at radius 1 is 0.956 bits per heavy atom. The first-order chi connectivity index (χ1) is 21.2. The van der Waals surface area contributed by atoms with Crippen molar-refractivity contribution in [1.29, 1.82) is 0 Å². The van der Waals surface area contributed by atoms with Crippen LogP contribution >= 0.6 is 11.6 Å². The van der Waals surface area contributed by atoms with Crippen LogP contribution in [-0.2, 0) is 15.3 Å². The molecule has 0 saturated carbocycles. The number of rotatable bonds is 7. The molecule has 45 heavy (non-hydrogen) atoms. The molecule has 0 spiro atoms. The van der Waals surface area contributed by atoms with Gasteiger partial charge in [-0.05, 0) is 106 Å². The van der Waals surface area contributed by atoms with E-state index >= 15 is 0 Å². The fourth-order valence-corrected chi connectivity index (χ4v) is 8.47. The van der Waals surface area contributed by atoms with Gasteiger partial charge in [0, 0.05) is 22.2 Å². The molecule has 0 aliphatic carbocycles. The Labute approximate surface area is 271 Å². The van der Waals surface area contributed by atoms with E-state index in [4.69, 9.17) is 16.7 Å². The van der Waals surface area contributed by atoms with Gasteiger partial charge in [0.25, 0.3) is 0 Å². The fraction of sp³-hybridized carbons (Fsp3) is 0.371. The van der Waals surface area contributed by atoms with Gasteiger partial charge in [-0.1, -0.05) is 62.2 Å². The molecule has 8 nitrogen and oxygen atoms in total. The van der Waals surface area contributed by atoms with Gasteiger partial charge in [-0.15, -0.1) is 0 Å². The summed E-state index contributed by atoms with van der Waals surface area (Å²) < 4.78 is 30.5. The standard InChI is InChI=1S/C35H42ClN5O3S/c1-22-10-12-28(13-11-22)41-32(21-31(40-41)35(4,5)6)39-34(42)38-27-9-7-8-26(20-27)33(25-14-16-37-17-15-25)45(43,44)30-19-23(2)29(36)18-24(30)3/h7-13,18-21,25,33,37H,14-17H2,1-6H3,(H2,38,39,42). The number of aryl methyl sites for hydroxylation is 3. The maximum Gasteiger partial charge on any atom is 0.324 e. The van der Waals surface area contributed by atoms with Crippen molar-refractivity contribution in [3.05, 3.63) is 99.7 Å². The predicted molar refractivity (Wildman–Crippen MR) is 183 cm³/mol. The van der Waals surface area contributed by atoms with Gasteiger partial charge in [0.05, 0.1) is 21.5 Å². The Kier molecular flexibility index (Phi) is 9.44. The van der Waals surface area contributed by atoms with Crippen LogP contribution < -0.4 is 16.0 Å². The van der Waals surface area contributed by atoms with Gasteiger partial charge >= 0.3 is 6.03 Å². The third-order valence-corrected chi connectivity index (χ3v) is 11.2. The monoisotopic (exact) mass is 647 g/mol. The topological polar surface area (TPSA) is 105 Å². The number of anilines is 2. The van der Waals surface area contributed by atoms with Crippen LogP contribution in [0.2, 0.25) is 5.02 Å². The van der Waals surface area contributed by atoms with E-state index in [1.165, 1.54) is 0 Å². The Hall–Kier alpha value is -3.66. The van der Waals surface area contributed by atoms with Crippen LogP contribution in [0.25, 0.3) is 5.69 Å². The summed E-state index contributed by atoms with van der Waals surface area (Å²) >= 11 is 6.33. The summed E-state index contributed by atoms with van der Waals surface area (Å²) in [5.41, 5.74) is 5.05. The SMILES string of the molecule is Cc1ccc(-n2nc(C(C)(C)C)cc2NC(=O)Nc2cccc(C(C3CCNCC3)S(=O)(=O)c3cc(C)c(Cl)cc3C)c2)cc1. The van der Waals surface area contributed by atoms with Crippen molar-refractivity contribution in [3.8, 4) is 5.69 Å². The molecule has 1 aliphatic rings. The van der Waals surface area contributed by atoms with Crippen molar-refractivity contribution in [2.75, 3.05) is 23.7 Å². The average Bonchev–Trinajstić information content (AvgIpc) is 3.40. The molecule has 0 bridgehead atoms. The lowest BCUT2D eigenvalue weighted by atomic mass is 9.90. The number of benzene rings is 3. The summed E-state index contributed by atoms with van der Waals surface area (Å²) in [4.78, 5) is 13.7. The number of amides is 2. The second-order valence-electron chi connectivity index (χ2n) is 13.0. The molecule has 2 heterocycles. The Morgan fingerprint density at radius 3 is 2.31 bits per heavy atom. The van der Waals surface area contributed by atoms with Gasteiger partial charge in [0.15, 0.2) is 9.84 Å². The van der Waals surface area contributed by atoms with Crippen LogP contribution in [0.5, 0.6) is 0 Å². The van der Waals surface area contributed by atoms with E-state index in [9.17, 15) is 13.2 Å². The first-order valence-electron chi connectivity index (χ1n) is 15.3. The Morgan fingerprint density at radius 2 is 1.64 bits per heavy atom. The van der Waals surface area contributed by atoms with Crippen LogP contribution in [0.1, 0.15) is 66.8 Å². The number of urea groups is 1. The lowest BCUT2D eigenvalue weighted by molar-refractivity contribution is 0.262. The zero-order valence-corrected chi connectivity index (χ0v) is 28.3. The minimum Gasteiger partial charge on any atom is -0.317 e. The highest BCUT2D eigenvalue weighted by Gasteiger charge is 2.38. The van der Waals surface area contributed by atoms with E-state index < -0.39 is 21.1 Å². The highest BCUT2D eigenvalue weighted by Crippen LogP contribution is 2.41. The quantitative estimate of drug-likeness (QED) is 0.189. The molecule has 3 N–H and O–H groups in total. The summed E-state index contributed by atoms with van der Waals surface area (Å²) in [7, 11) is -3.79. The zero-order valence-electron chi connectivity index (χ0n) is 26.7. The van der Waals surface area contributed by atoms with Crippen molar-refractivity contribution in [2.24, 2.45) is 5.92 Å². The molecule has 3 aromatic carbocycles. The number of halogens is 1. The highest BCUT2D eigenvalue weighted by atomic mass is 35.5. The summed E-state index contributed by atoms with van der Waals surface area (Å²) in [5, 5.41) is 13.8. The maximum absolute atomic E-state index is 14.4. The molecule has 1 aromatic heterocycles. The molecule has 5 rings (SSSR count). The van der Waals surface area contributed by atoms with Gasteiger partial charge in [0.1, 0.15) is 5.82 Å². The molecule has 2 amide bonds. The number of nitrogens with zero attached hydrogens (tertiary/aromatic N) is 2. The van der Waals surface area contributed by atoms with Crippen LogP contribution in [-0.4, -0.2) is 37.3 Å². The first kappa shape index (κ1) is 32.7. The number of carbonyl (C=O) groups excluding carboxylic acids is 1. The molecule has 1 saturated heterocycles. The smallest absolute Gasteiger partial charge is 0.317 e. The van der Waals surface area contributed by atoms with E-state index in [2.05, 4.69) is 36.7 Å². The minimum atomic E-state index is -3.79. The second kappa shape index (κ2) is 13.0. The van der Waals surface area contributed by atoms with Gasteiger partial charge in [-0.2, -0.15) is 5.10 Å². The highest BCUT2D eigenvalue weighted by molar-refractivity contribution is 7.91. The molecule has 1 aliphatic heterocycles. The Bertz CT molecular complexity index is 1800. The van der Waals surface area contributed by atoms with Crippen molar-refractivity contribution in [1.82, 2.24) is 15.1 Å². The van der Waals surface area contributed by atoms with Crippen LogP contribution in [0, 0.1) is 26.7 Å². The minimum absolute atomic E-state index is 0.0876. The van der Waals surface area contributed by atoms with Crippen molar-refractivity contribution in [3.63, 3.8) is 0 Å². The number of nitrogens with one attached hydrogen (secondary N) is 3. The van der Waals surface area contributed by atoms with E-state index in [0.29, 0.717) is 32.6 Å². The van der Waals surface area contributed by atoms with Gasteiger partial charge < -0.3 is 10.6 Å². The summed E-state index contributed by atoms with van der Waals surface area (Å²) in [5.74, 6) is 0.441. The lowest BCUT2D eigenvalue weighted by Gasteiger charge is -2.31. The molecule has 4 aromatic rings. The predicted octanol–water partition coefficient (Wildman–Crippen LogP) is 7.91. The molecule has 10 heteroatoms. The molecule has 0 radical (unpaired) electrons. The lowest BCUT2D eigenvalue weighted by Crippen LogP contribution is -2.34. The molecular weight excluding hydrogens is 606 g/mol. The summed E-state index contributed by atoms with van der Waals surface area (Å²) in [6, 6.07) is 19.9. The summed E-state index contributed by atoms with van der Waals surface area (Å²) in [6.45, 7) is 13.3. The van der Waals surface area contributed by atoms with Gasteiger partial charge in [-0.25, -0.2) is 17.9 Å². The van der Waals surface area contributed by atoms with Crippen LogP contribution in [0.3, 0.4) is 0 Å². The fourth-order valence-electron chi connectivity index (χ4n) is 5.84. The number of sulfone groups is 1. The van der Waals surface area contributed by atoms with E-state index in [0.717, 1.165) is 48.4 Å². The number of aromatic nitrogens is 2. The average molecular weight is 648 g/mol. The third-order valence-electron chi connectivity index (χ3n) is 8.38. The Balaban J connectivity index is 1.46. The number of hydrogen-bond donors (Lipinski definition) is 3. The maximum atomic E-state index is 14.4. The third kappa shape index (κ3) is 7.27. The van der Waals surface area contributed by atoms with Crippen molar-refractivity contribution < 1.29 is 13.2 Å². The van der Waals surface area contributed by atoms with E-state index in [1.807, 2.05) is 50.2 Å². The molecule has 1 fully saturated rings. The second-order valence-corrected chi connectivity index (χ2v) is 15.5. The number of hydrogen-bond acceptors (Lipinski definition) is 5. The molecular formula is C35H42ClN5O3S. The van der Waals surface area contributed by atoms with Crippen molar-refractivity contribution in [2.45, 2.75) is 69.9 Å². The molecule has 238 valence electrons. The summed E-state index contributed by atoms with van der Waals surface area (Å²) in [6.07, 6.45) is 1.46. The van der Waals surface area contributed by atoms with Crippen LogP contribution in [0.4, 0.5) is 16.3 Å². The van der Waals surface area contributed by atoms with Gasteiger partial charge in [-0.3, -0.25) is 5.32 Å². The van der Waals surface area contributed by atoms with Gasteiger partial charge in [0.2, 0.25) is 0 Å². The normalized spacial score (nSPS) is 15.1. The first-order valence-corrected chi connectivity index (χ1v) is 17.2. The number of carbonyl (C=O) groups is 1. The van der Waals surface area contributed by atoms with E-state index in [1.54, 1.807) is 41.9 Å². The zero-order chi connectivity index (χ0) is 32.5. The van der Waals surface area contributed by atoms with Crippen LogP contribution in [0.15, 0.2) is 71.6 Å². The number of piperidine rings is 1. The molecule has 1 atom stereocenters. The molecule has 1 unspecified atom stereocenters. The van der Waals surface area contributed by atoms with Crippen molar-refractivity contribution >= 4 is 39.0 Å². The largest absolute Gasteiger partial charge is 0.324 e. The van der Waals surface area contributed by atoms with E-state index in [-0.39, 0.29) is 11.3 Å².